The van der Waals surface area contributed by atoms with Crippen LogP contribution in [0.2, 0.25) is 0 Å². The van der Waals surface area contributed by atoms with Crippen molar-refractivity contribution in [3.8, 4) is 0 Å². The highest BCUT2D eigenvalue weighted by atomic mass is 32.2. The molecule has 66 valence electrons. The van der Waals surface area contributed by atoms with Gasteiger partial charge in [0.1, 0.15) is 0 Å². The normalized spacial score (nSPS) is 10.5. The van der Waals surface area contributed by atoms with E-state index in [9.17, 15) is 0 Å². The fraction of sp³-hybridized carbons (Fsp3) is 0.0909. The van der Waals surface area contributed by atoms with Crippen LogP contribution < -0.4 is 0 Å². The minimum atomic E-state index is 0.133. The second-order valence-electron chi connectivity index (χ2n) is 2.75. The van der Waals surface area contributed by atoms with Crippen molar-refractivity contribution in [2.45, 2.75) is 4.90 Å². The first-order valence-corrected chi connectivity index (χ1v) is 5.12. The highest BCUT2D eigenvalue weighted by Gasteiger charge is 1.98. The van der Waals surface area contributed by atoms with Crippen LogP contribution in [0.15, 0.2) is 47.4 Å². The molecule has 0 aliphatic rings. The number of fused-ring (bicyclic) bond motifs is 1. The van der Waals surface area contributed by atoms with Crippen LogP contribution in [0.1, 0.15) is 0 Å². The molecular formula is C11H10OS. The molecule has 1 N–H and O–H groups in total. The van der Waals surface area contributed by atoms with E-state index in [4.69, 9.17) is 5.11 Å². The van der Waals surface area contributed by atoms with Crippen molar-refractivity contribution in [2.24, 2.45) is 0 Å². The first kappa shape index (κ1) is 8.60. The number of thioether (sulfide) groups is 1. The topological polar surface area (TPSA) is 20.2 Å². The molecule has 0 aliphatic carbocycles. The summed E-state index contributed by atoms with van der Waals surface area (Å²) in [5, 5.41) is 11.3. The van der Waals surface area contributed by atoms with Crippen molar-refractivity contribution in [2.75, 3.05) is 5.94 Å². The van der Waals surface area contributed by atoms with Crippen LogP contribution in [0.5, 0.6) is 0 Å². The third-order valence-electron chi connectivity index (χ3n) is 1.97. The molecule has 0 saturated heterocycles. The van der Waals surface area contributed by atoms with Gasteiger partial charge in [0.05, 0.1) is 5.94 Å². The Bertz CT molecular complexity index is 406. The zero-order valence-electron chi connectivity index (χ0n) is 7.10. The van der Waals surface area contributed by atoms with E-state index >= 15 is 0 Å². The first-order chi connectivity index (χ1) is 6.42. The largest absolute Gasteiger partial charge is 0.385 e. The van der Waals surface area contributed by atoms with E-state index in [-0.39, 0.29) is 5.94 Å². The molecular weight excluding hydrogens is 180 g/mol. The molecule has 0 aliphatic heterocycles. The molecule has 0 atom stereocenters. The third kappa shape index (κ3) is 1.69. The standard InChI is InChI=1S/C11H10OS/c12-8-13-11-7-3-5-9-4-1-2-6-10(9)11/h1-7,12H,8H2. The van der Waals surface area contributed by atoms with Gasteiger partial charge in [-0.15, -0.1) is 0 Å². The minimum absolute atomic E-state index is 0.133. The van der Waals surface area contributed by atoms with Crippen molar-refractivity contribution in [1.29, 1.82) is 0 Å². The second kappa shape index (κ2) is 3.81. The highest BCUT2D eigenvalue weighted by Crippen LogP contribution is 2.26. The Labute approximate surface area is 81.4 Å². The van der Waals surface area contributed by atoms with Crippen molar-refractivity contribution in [1.82, 2.24) is 0 Å². The van der Waals surface area contributed by atoms with Crippen LogP contribution in [0.25, 0.3) is 10.8 Å². The Morgan fingerprint density at radius 1 is 1.00 bits per heavy atom. The van der Waals surface area contributed by atoms with Gasteiger partial charge in [-0.05, 0) is 16.8 Å². The van der Waals surface area contributed by atoms with E-state index < -0.39 is 0 Å². The van der Waals surface area contributed by atoms with Gasteiger partial charge in [-0.2, -0.15) is 0 Å². The van der Waals surface area contributed by atoms with Gasteiger partial charge in [0.25, 0.3) is 0 Å². The van der Waals surface area contributed by atoms with Gasteiger partial charge in [-0.1, -0.05) is 48.2 Å². The van der Waals surface area contributed by atoms with Crippen LogP contribution in [0.3, 0.4) is 0 Å². The van der Waals surface area contributed by atoms with E-state index in [1.165, 1.54) is 22.5 Å². The number of rotatable bonds is 2. The summed E-state index contributed by atoms with van der Waals surface area (Å²) < 4.78 is 0. The molecule has 0 fully saturated rings. The second-order valence-corrected chi connectivity index (χ2v) is 3.74. The summed E-state index contributed by atoms with van der Waals surface area (Å²) in [7, 11) is 0. The van der Waals surface area contributed by atoms with Crippen molar-refractivity contribution in [3.05, 3.63) is 42.5 Å². The quantitative estimate of drug-likeness (QED) is 0.580. The Hall–Kier alpha value is -0.990. The van der Waals surface area contributed by atoms with Gasteiger partial charge < -0.3 is 5.11 Å². The summed E-state index contributed by atoms with van der Waals surface area (Å²) in [5.41, 5.74) is 0. The summed E-state index contributed by atoms with van der Waals surface area (Å²) >= 11 is 1.46. The molecule has 0 saturated carbocycles. The smallest absolute Gasteiger partial charge is 0.0932 e. The average molecular weight is 190 g/mol. The van der Waals surface area contributed by atoms with Crippen LogP contribution in [-0.2, 0) is 0 Å². The van der Waals surface area contributed by atoms with E-state index in [1.807, 2.05) is 24.3 Å². The number of aliphatic hydroxyl groups is 1. The molecule has 2 aromatic carbocycles. The fourth-order valence-corrected chi connectivity index (χ4v) is 2.05. The van der Waals surface area contributed by atoms with Gasteiger partial charge in [0, 0.05) is 4.90 Å². The number of benzene rings is 2. The maximum absolute atomic E-state index is 8.84. The van der Waals surface area contributed by atoms with Gasteiger partial charge in [0.15, 0.2) is 0 Å². The van der Waals surface area contributed by atoms with Crippen LogP contribution >= 0.6 is 11.8 Å². The predicted molar refractivity (Wildman–Crippen MR) is 56.9 cm³/mol. The zero-order valence-corrected chi connectivity index (χ0v) is 7.92. The highest BCUT2D eigenvalue weighted by molar-refractivity contribution is 7.99. The van der Waals surface area contributed by atoms with E-state index in [0.717, 1.165) is 4.90 Å². The maximum Gasteiger partial charge on any atom is 0.0932 e. The molecule has 0 amide bonds. The fourth-order valence-electron chi connectivity index (χ4n) is 1.39. The average Bonchev–Trinajstić information content (AvgIpc) is 2.19. The van der Waals surface area contributed by atoms with E-state index in [1.54, 1.807) is 0 Å². The van der Waals surface area contributed by atoms with Crippen LogP contribution in [-0.4, -0.2) is 11.0 Å². The lowest BCUT2D eigenvalue weighted by Gasteiger charge is -2.03. The van der Waals surface area contributed by atoms with Crippen molar-refractivity contribution in [3.63, 3.8) is 0 Å². The number of aliphatic hydroxyl groups excluding tert-OH is 1. The Kier molecular flexibility index (Phi) is 2.52. The molecule has 13 heavy (non-hydrogen) atoms. The molecule has 2 heteroatoms. The van der Waals surface area contributed by atoms with Crippen LogP contribution in [0, 0.1) is 0 Å². The monoisotopic (exact) mass is 190 g/mol. The number of hydrogen-bond donors (Lipinski definition) is 1. The SMILES string of the molecule is OCSc1cccc2ccccc12. The van der Waals surface area contributed by atoms with Gasteiger partial charge in [0.2, 0.25) is 0 Å². The van der Waals surface area contributed by atoms with Crippen molar-refractivity contribution < 1.29 is 5.11 Å². The van der Waals surface area contributed by atoms with E-state index in [0.29, 0.717) is 0 Å². The molecule has 0 unspecified atom stereocenters. The lowest BCUT2D eigenvalue weighted by molar-refractivity contribution is 0.375. The lowest BCUT2D eigenvalue weighted by atomic mass is 10.1. The third-order valence-corrected chi connectivity index (χ3v) is 2.77. The first-order valence-electron chi connectivity index (χ1n) is 4.13. The number of hydrogen-bond acceptors (Lipinski definition) is 2. The maximum atomic E-state index is 8.84. The summed E-state index contributed by atoms with van der Waals surface area (Å²) in [4.78, 5) is 1.14. The lowest BCUT2D eigenvalue weighted by Crippen LogP contribution is -1.78. The molecule has 2 aromatic rings. The molecule has 0 spiro atoms. The minimum Gasteiger partial charge on any atom is -0.385 e. The van der Waals surface area contributed by atoms with Gasteiger partial charge in [-0.25, -0.2) is 0 Å². The molecule has 0 radical (unpaired) electrons. The zero-order chi connectivity index (χ0) is 9.10. The molecule has 0 aromatic heterocycles. The molecule has 1 nitrogen and oxygen atoms in total. The molecule has 2 rings (SSSR count). The van der Waals surface area contributed by atoms with E-state index in [2.05, 4.69) is 18.2 Å². The van der Waals surface area contributed by atoms with Gasteiger partial charge >= 0.3 is 0 Å². The summed E-state index contributed by atoms with van der Waals surface area (Å²) in [5.74, 6) is 0.133. The Balaban J connectivity index is 2.61. The van der Waals surface area contributed by atoms with Gasteiger partial charge in [-0.3, -0.25) is 0 Å². The predicted octanol–water partition coefficient (Wildman–Crippen LogP) is 2.88. The summed E-state index contributed by atoms with van der Waals surface area (Å²) in [6, 6.07) is 14.3. The Morgan fingerprint density at radius 3 is 2.62 bits per heavy atom. The summed E-state index contributed by atoms with van der Waals surface area (Å²) in [6.45, 7) is 0. The Morgan fingerprint density at radius 2 is 1.77 bits per heavy atom. The molecule has 0 heterocycles. The van der Waals surface area contributed by atoms with Crippen molar-refractivity contribution >= 4 is 22.5 Å². The van der Waals surface area contributed by atoms with Crippen LogP contribution in [0.4, 0.5) is 0 Å². The summed E-state index contributed by atoms with van der Waals surface area (Å²) in [6.07, 6.45) is 0. The molecule has 0 bridgehead atoms.